The van der Waals surface area contributed by atoms with Crippen molar-refractivity contribution in [1.82, 2.24) is 5.32 Å². The molecule has 0 bridgehead atoms. The van der Waals surface area contributed by atoms with Gasteiger partial charge in [0.2, 0.25) is 0 Å². The number of aliphatic hydroxyl groups is 1. The van der Waals surface area contributed by atoms with Crippen LogP contribution in [0.25, 0.3) is 0 Å². The first kappa shape index (κ1) is 17.5. The molecule has 114 valence electrons. The fraction of sp³-hybridized carbons (Fsp3) is 0.625. The zero-order chi connectivity index (χ0) is 15.0. The van der Waals surface area contributed by atoms with E-state index in [0.717, 1.165) is 29.9 Å². The minimum Gasteiger partial charge on any atom is -0.394 e. The summed E-state index contributed by atoms with van der Waals surface area (Å²) in [6, 6.07) is 6.97. The Bertz CT molecular complexity index is 377. The van der Waals surface area contributed by atoms with Crippen LogP contribution in [-0.4, -0.2) is 29.0 Å². The van der Waals surface area contributed by atoms with Crippen LogP contribution in [0.15, 0.2) is 29.2 Å². The molecular weight excluding hydrogens is 273 g/mol. The molecule has 4 heteroatoms. The number of rotatable bonds is 9. The van der Waals surface area contributed by atoms with Crippen molar-refractivity contribution in [1.29, 1.82) is 0 Å². The topological polar surface area (TPSA) is 32.3 Å². The molecule has 2 N–H and O–H groups in total. The van der Waals surface area contributed by atoms with Gasteiger partial charge in [-0.25, -0.2) is 4.39 Å². The summed E-state index contributed by atoms with van der Waals surface area (Å²) in [4.78, 5) is 1.09. The molecule has 0 aliphatic heterocycles. The monoisotopic (exact) mass is 299 g/mol. The second-order valence-corrected chi connectivity index (χ2v) is 6.67. The number of hydrogen-bond acceptors (Lipinski definition) is 3. The molecule has 0 fully saturated rings. The number of nitrogens with one attached hydrogen (secondary N) is 1. The van der Waals surface area contributed by atoms with Crippen LogP contribution in [0.3, 0.4) is 0 Å². The summed E-state index contributed by atoms with van der Waals surface area (Å²) in [5.74, 6) is 0.786. The quantitative estimate of drug-likeness (QED) is 0.537. The molecule has 0 heterocycles. The highest BCUT2D eigenvalue weighted by molar-refractivity contribution is 7.99. The van der Waals surface area contributed by atoms with Gasteiger partial charge in [0.1, 0.15) is 5.82 Å². The van der Waals surface area contributed by atoms with Crippen molar-refractivity contribution in [3.63, 3.8) is 0 Å². The Morgan fingerprint density at radius 1 is 1.30 bits per heavy atom. The minimum absolute atomic E-state index is 0.169. The van der Waals surface area contributed by atoms with Gasteiger partial charge in [-0.3, -0.25) is 0 Å². The molecule has 20 heavy (non-hydrogen) atoms. The third kappa shape index (κ3) is 5.81. The van der Waals surface area contributed by atoms with Crippen molar-refractivity contribution in [2.24, 2.45) is 0 Å². The van der Waals surface area contributed by atoms with Gasteiger partial charge in [0.25, 0.3) is 0 Å². The molecule has 0 aliphatic carbocycles. The molecule has 1 aromatic carbocycles. The van der Waals surface area contributed by atoms with Crippen LogP contribution in [0, 0.1) is 5.82 Å². The molecule has 0 aromatic heterocycles. The molecule has 0 radical (unpaired) electrons. The molecule has 0 amide bonds. The van der Waals surface area contributed by atoms with Crippen molar-refractivity contribution in [2.45, 2.75) is 56.5 Å². The van der Waals surface area contributed by atoms with Crippen LogP contribution >= 0.6 is 11.8 Å². The molecule has 0 aliphatic rings. The second kappa shape index (κ2) is 8.65. The van der Waals surface area contributed by atoms with Gasteiger partial charge in [-0.1, -0.05) is 20.8 Å². The summed E-state index contributed by atoms with van der Waals surface area (Å²) in [5, 5.41) is 13.2. The molecule has 0 saturated heterocycles. The first-order valence-corrected chi connectivity index (χ1v) is 8.27. The van der Waals surface area contributed by atoms with Crippen molar-refractivity contribution in [3.05, 3.63) is 30.1 Å². The minimum atomic E-state index is -0.194. The number of aliphatic hydroxyl groups excluding tert-OH is 1. The second-order valence-electron chi connectivity index (χ2n) is 5.50. The summed E-state index contributed by atoms with van der Waals surface area (Å²) < 4.78 is 12.8. The molecule has 1 atom stereocenters. The van der Waals surface area contributed by atoms with Crippen LogP contribution in [0.5, 0.6) is 0 Å². The Balaban J connectivity index is 2.38. The first-order valence-electron chi connectivity index (χ1n) is 7.28. The molecule has 1 rings (SSSR count). The van der Waals surface area contributed by atoms with Crippen LogP contribution in [0.2, 0.25) is 0 Å². The Labute approximate surface area is 126 Å². The maximum absolute atomic E-state index is 12.8. The number of halogens is 1. The Kier molecular flexibility index (Phi) is 7.56. The van der Waals surface area contributed by atoms with E-state index in [0.29, 0.717) is 6.04 Å². The Morgan fingerprint density at radius 2 is 1.95 bits per heavy atom. The van der Waals surface area contributed by atoms with Gasteiger partial charge in [0, 0.05) is 16.5 Å². The van der Waals surface area contributed by atoms with Gasteiger partial charge in [0.15, 0.2) is 0 Å². The number of benzene rings is 1. The van der Waals surface area contributed by atoms with E-state index in [-0.39, 0.29) is 18.0 Å². The third-order valence-electron chi connectivity index (χ3n) is 3.46. The van der Waals surface area contributed by atoms with Crippen molar-refractivity contribution in [3.8, 4) is 0 Å². The summed E-state index contributed by atoms with van der Waals surface area (Å²) in [6.07, 6.45) is 2.89. The van der Waals surface area contributed by atoms with Gasteiger partial charge in [-0.2, -0.15) is 0 Å². The van der Waals surface area contributed by atoms with E-state index in [1.54, 1.807) is 11.8 Å². The van der Waals surface area contributed by atoms with E-state index in [1.165, 1.54) is 12.1 Å². The highest BCUT2D eigenvalue weighted by Gasteiger charge is 2.26. The van der Waals surface area contributed by atoms with Gasteiger partial charge < -0.3 is 10.4 Å². The normalized spacial score (nSPS) is 14.5. The van der Waals surface area contributed by atoms with E-state index < -0.39 is 0 Å². The largest absolute Gasteiger partial charge is 0.394 e. The fourth-order valence-corrected chi connectivity index (χ4v) is 3.18. The fourth-order valence-electron chi connectivity index (χ4n) is 2.33. The average molecular weight is 299 g/mol. The molecule has 0 saturated carbocycles. The van der Waals surface area contributed by atoms with Gasteiger partial charge in [-0.05, 0) is 49.3 Å². The summed E-state index contributed by atoms with van der Waals surface area (Å²) in [5.41, 5.74) is -0.169. The summed E-state index contributed by atoms with van der Waals surface area (Å²) >= 11 is 1.73. The zero-order valence-corrected chi connectivity index (χ0v) is 13.5. The average Bonchev–Trinajstić information content (AvgIpc) is 2.44. The number of thioether (sulfide) groups is 1. The van der Waals surface area contributed by atoms with Crippen molar-refractivity contribution < 1.29 is 9.50 Å². The molecule has 2 nitrogen and oxygen atoms in total. The van der Waals surface area contributed by atoms with E-state index in [1.807, 2.05) is 12.1 Å². The lowest BCUT2D eigenvalue weighted by atomic mass is 9.91. The van der Waals surface area contributed by atoms with E-state index in [9.17, 15) is 9.50 Å². The highest BCUT2D eigenvalue weighted by atomic mass is 32.2. The van der Waals surface area contributed by atoms with Crippen LogP contribution in [0.4, 0.5) is 4.39 Å². The lowest BCUT2D eigenvalue weighted by Crippen LogP contribution is -2.51. The first-order chi connectivity index (χ1) is 9.51. The SMILES string of the molecule is CCC(CO)(CCCSc1ccc(F)cc1)NC(C)C. The van der Waals surface area contributed by atoms with Crippen LogP contribution in [-0.2, 0) is 0 Å². The van der Waals surface area contributed by atoms with Crippen LogP contribution in [0.1, 0.15) is 40.0 Å². The number of hydrogen-bond donors (Lipinski definition) is 2. The summed E-state index contributed by atoms with van der Waals surface area (Å²) in [7, 11) is 0. The lowest BCUT2D eigenvalue weighted by molar-refractivity contribution is 0.137. The van der Waals surface area contributed by atoms with E-state index in [4.69, 9.17) is 0 Å². The molecule has 1 unspecified atom stereocenters. The van der Waals surface area contributed by atoms with Gasteiger partial charge >= 0.3 is 0 Å². The third-order valence-corrected chi connectivity index (χ3v) is 4.55. The predicted molar refractivity (Wildman–Crippen MR) is 84.7 cm³/mol. The summed E-state index contributed by atoms with van der Waals surface area (Å²) in [6.45, 7) is 6.49. The van der Waals surface area contributed by atoms with E-state index in [2.05, 4.69) is 26.1 Å². The Hall–Kier alpha value is -0.580. The highest BCUT2D eigenvalue weighted by Crippen LogP contribution is 2.23. The molecule has 1 aromatic rings. The van der Waals surface area contributed by atoms with Crippen LogP contribution < -0.4 is 5.32 Å². The smallest absolute Gasteiger partial charge is 0.123 e. The van der Waals surface area contributed by atoms with Gasteiger partial charge in [0.05, 0.1) is 6.61 Å². The van der Waals surface area contributed by atoms with Crippen molar-refractivity contribution in [2.75, 3.05) is 12.4 Å². The predicted octanol–water partition coefficient (Wildman–Crippen LogP) is 3.84. The maximum atomic E-state index is 12.8. The maximum Gasteiger partial charge on any atom is 0.123 e. The molecule has 0 spiro atoms. The Morgan fingerprint density at radius 3 is 2.45 bits per heavy atom. The van der Waals surface area contributed by atoms with E-state index >= 15 is 0 Å². The standard InChI is InChI=1S/C16H26FNOS/c1-4-16(12-19,18-13(2)3)10-5-11-20-15-8-6-14(17)7-9-15/h6-9,13,18-19H,4-5,10-12H2,1-3H3. The lowest BCUT2D eigenvalue weighted by Gasteiger charge is -2.34. The van der Waals surface area contributed by atoms with Gasteiger partial charge in [-0.15, -0.1) is 11.8 Å². The zero-order valence-electron chi connectivity index (χ0n) is 12.7. The molecular formula is C16H26FNOS. The van der Waals surface area contributed by atoms with Crippen molar-refractivity contribution >= 4 is 11.8 Å².